The van der Waals surface area contributed by atoms with Crippen molar-refractivity contribution in [1.29, 1.82) is 0 Å². The number of fused-ring (bicyclic) bond motifs is 21. The van der Waals surface area contributed by atoms with Gasteiger partial charge in [-0.3, -0.25) is 43.2 Å². The molecule has 3 N–H and O–H groups in total. The summed E-state index contributed by atoms with van der Waals surface area (Å²) in [6.07, 6.45) is 22.4. The van der Waals surface area contributed by atoms with Crippen LogP contribution in [0.3, 0.4) is 0 Å². The molecule has 21 aliphatic carbocycles. The summed E-state index contributed by atoms with van der Waals surface area (Å²) < 4.78 is 0. The van der Waals surface area contributed by atoms with Gasteiger partial charge < -0.3 is 15.3 Å². The molecular weight excluding hydrogens is 1720 g/mol. The summed E-state index contributed by atoms with van der Waals surface area (Å²) in [5, 5.41) is 30.0. The highest BCUT2D eigenvalue weighted by Gasteiger charge is 2.66. The van der Waals surface area contributed by atoms with Crippen molar-refractivity contribution in [2.75, 3.05) is 0 Å². The molecule has 0 heterocycles. The fraction of sp³-hybridized carbons (Fsp3) is 0.488. The average molecular weight is 1860 g/mol. The van der Waals surface area contributed by atoms with Gasteiger partial charge in [0.15, 0.2) is 52.0 Å². The van der Waals surface area contributed by atoms with Crippen LogP contribution in [0.15, 0.2) is 124 Å². The van der Waals surface area contributed by atoms with Crippen LogP contribution in [0.4, 0.5) is 0 Å². The maximum absolute atomic E-state index is 13.1. The fourth-order valence-corrected chi connectivity index (χ4v) is 34.9. The van der Waals surface area contributed by atoms with E-state index in [1.165, 1.54) is 143 Å². The third kappa shape index (κ3) is 12.2. The fourth-order valence-electron chi connectivity index (χ4n) is 34.9. The molecule has 7 aromatic carbocycles. The number of benzene rings is 7. The number of hydrogen-bond acceptors (Lipinski definition) is 12. The summed E-state index contributed by atoms with van der Waals surface area (Å²) in [4.78, 5) is 113. The molecule has 7 spiro atoms. The number of Topliss-reactive ketones (excluding diaryl/α,β-unsaturated/α-hetero) is 9. The Hall–Kier alpha value is -10.9. The Morgan fingerprint density at radius 1 is 0.237 bits per heavy atom. The van der Waals surface area contributed by atoms with Gasteiger partial charge in [0.2, 0.25) is 0 Å². The van der Waals surface area contributed by atoms with Gasteiger partial charge >= 0.3 is 0 Å². The normalized spacial score (nSPS) is 33.1. The molecule has 28 rings (SSSR count). The van der Waals surface area contributed by atoms with Crippen molar-refractivity contribution in [1.82, 2.24) is 0 Å². The monoisotopic (exact) mass is 1860 g/mol. The molecule has 0 aliphatic heterocycles. The van der Waals surface area contributed by atoms with Crippen LogP contribution in [0.25, 0.3) is 39.0 Å². The van der Waals surface area contributed by atoms with Crippen LogP contribution in [0.5, 0.6) is 17.2 Å². The Kier molecular flexibility index (Phi) is 21.2. The van der Waals surface area contributed by atoms with Gasteiger partial charge in [0.1, 0.15) is 17.2 Å². The van der Waals surface area contributed by atoms with Crippen molar-refractivity contribution >= 4 is 91.1 Å². The number of carbonyl (C=O) groups excluding carboxylic acids is 9. The zero-order valence-corrected chi connectivity index (χ0v) is 86.0. The van der Waals surface area contributed by atoms with Crippen LogP contribution in [0.1, 0.15) is 383 Å². The topological polar surface area (TPSA) is 214 Å². The van der Waals surface area contributed by atoms with Crippen molar-refractivity contribution in [3.63, 3.8) is 0 Å². The lowest BCUT2D eigenvalue weighted by Crippen LogP contribution is -2.30. The van der Waals surface area contributed by atoms with E-state index in [-0.39, 0.29) is 79.6 Å². The standard InChI is InChI=1S/2C19H22O.2C18H20O2.C18H18O2.C18H20O.C17H16O3/c2*1-10-5-6-15-16(11(10)2)13(4)19-8-7-14(9-19)18(20)12(3)17(15)19;2*1-9-14(19)5-4-13-15(9)11(3)18-7-6-12(8-18)17(20)10(2)16(13)18;1-9-4-5-13-14(10(9)2)17(20)18-7-6-12(8-18)16(19)11(3)15(13)18;1-10-4-5-14-15(11(10)2)9-18-7-6-13(8-18)17(19)12(3)16(14)18;1-8-12(18)4-3-11-13(8)16(20)17-6-5-10(7-17)15(19)9(2)14(11)17/h2*5-6,13-14H,7-9H2,1-4H3;2*4-5,11-12,19H,6-8H2,1-3H3;4-5,12H,6-8H2,1-3H3;4-5,13H,6-9H2,1-3H3;3-4,10,18H,5-7H2,1-2H3. The number of carbonyl (C=O) groups is 9. The van der Waals surface area contributed by atoms with Crippen LogP contribution < -0.4 is 0 Å². The van der Waals surface area contributed by atoms with E-state index in [0.717, 1.165) is 198 Å². The molecule has 14 bridgehead atoms. The van der Waals surface area contributed by atoms with Gasteiger partial charge in [-0.25, -0.2) is 0 Å². The molecule has 0 amide bonds. The summed E-state index contributed by atoms with van der Waals surface area (Å²) in [5.74, 6) is 7.24. The highest BCUT2D eigenvalue weighted by Crippen LogP contribution is 2.75. The van der Waals surface area contributed by atoms with Gasteiger partial charge in [-0.1, -0.05) is 94.4 Å². The highest BCUT2D eigenvalue weighted by molar-refractivity contribution is 6.26. The Labute approximate surface area is 821 Å². The van der Waals surface area contributed by atoms with Gasteiger partial charge in [-0.2, -0.15) is 0 Å². The number of hydrogen-bond donors (Lipinski definition) is 3. The maximum Gasteiger partial charge on any atom is 0.174 e. The number of allylic oxidation sites excluding steroid dienone is 14. The molecule has 718 valence electrons. The number of phenolic OH excluding ortho intramolecular Hbond substituents is 3. The minimum atomic E-state index is -0.483. The van der Waals surface area contributed by atoms with Crippen molar-refractivity contribution in [2.45, 2.75) is 317 Å². The first-order chi connectivity index (χ1) is 65.9. The summed E-state index contributed by atoms with van der Waals surface area (Å²) in [6.45, 7) is 46.6. The summed E-state index contributed by atoms with van der Waals surface area (Å²) in [7, 11) is 0. The first-order valence-electron chi connectivity index (χ1n) is 52.6. The molecule has 7 saturated carbocycles. The molecule has 7 fully saturated rings. The Bertz CT molecular complexity index is 6590. The van der Waals surface area contributed by atoms with E-state index in [9.17, 15) is 58.5 Å². The zero-order chi connectivity index (χ0) is 98.8. The lowest BCUT2D eigenvalue weighted by Gasteiger charge is -2.35. The van der Waals surface area contributed by atoms with Crippen LogP contribution in [-0.2, 0) is 40.0 Å². The molecule has 139 heavy (non-hydrogen) atoms. The first-order valence-corrected chi connectivity index (χ1v) is 52.6. The summed E-state index contributed by atoms with van der Waals surface area (Å²) in [6, 6.07) is 28.6. The maximum atomic E-state index is 13.1. The average Bonchev–Trinajstić information content (AvgIpc) is 1.56. The van der Waals surface area contributed by atoms with Gasteiger partial charge in [-0.15, -0.1) is 0 Å². The second kappa shape index (κ2) is 31.6. The Balaban J connectivity index is 0.0000000934. The van der Waals surface area contributed by atoms with Crippen LogP contribution >= 0.6 is 0 Å². The van der Waals surface area contributed by atoms with Gasteiger partial charge in [0.05, 0.1) is 10.8 Å². The zero-order valence-electron chi connectivity index (χ0n) is 86.0. The van der Waals surface area contributed by atoms with Crippen LogP contribution in [-0.4, -0.2) is 67.4 Å². The molecule has 0 saturated heterocycles. The third-order valence-electron chi connectivity index (χ3n) is 42.5. The lowest BCUT2D eigenvalue weighted by atomic mass is 9.67. The van der Waals surface area contributed by atoms with Crippen LogP contribution in [0.2, 0.25) is 0 Å². The minimum Gasteiger partial charge on any atom is -0.508 e. The smallest absolute Gasteiger partial charge is 0.174 e. The molecular formula is C127H138O12. The lowest BCUT2D eigenvalue weighted by molar-refractivity contribution is -0.120. The van der Waals surface area contributed by atoms with Crippen molar-refractivity contribution in [2.24, 2.45) is 79.3 Å². The number of aryl methyl sites for hydroxylation is 4. The second-order valence-electron chi connectivity index (χ2n) is 47.8. The van der Waals surface area contributed by atoms with Crippen LogP contribution in [0, 0.1) is 155 Å². The molecule has 18 atom stereocenters. The third-order valence-corrected chi connectivity index (χ3v) is 42.5. The van der Waals surface area contributed by atoms with Crippen molar-refractivity contribution < 1.29 is 58.5 Å². The van der Waals surface area contributed by atoms with E-state index in [2.05, 4.69) is 139 Å². The summed E-state index contributed by atoms with van der Waals surface area (Å²) in [5.41, 5.74) is 46.3. The molecule has 12 nitrogen and oxygen atoms in total. The van der Waals surface area contributed by atoms with Gasteiger partial charge in [0.25, 0.3) is 0 Å². The molecule has 21 aliphatic rings. The number of rotatable bonds is 0. The summed E-state index contributed by atoms with van der Waals surface area (Å²) >= 11 is 0. The SMILES string of the molecule is CC1=C2c3ccc(C)c(C)c3C(=O)C23CCC(C3)C1=O.CC1=C2c3ccc(C)c(C)c3C(C)C23CCC(C3)C1=O.CC1=C2c3ccc(C)c(C)c3C(C)C23CCC(C3)C1=O.CC1=C2c3ccc(C)c(C)c3CC23CCC(C3)C1=O.CC1=C2c3ccc(O)c(C)c3C(=O)C23CCC(C3)C1=O.CC1=C2c3ccc(O)c(C)c3C(C)C23CCC(C3)C1=O.CC1=C2c3ccc(O)c(C)c3C(C)C23CCC(C3)C1=O. The largest absolute Gasteiger partial charge is 0.508 e. The predicted octanol–water partition coefficient (Wildman–Crippen LogP) is 27.7. The van der Waals surface area contributed by atoms with E-state index >= 15 is 0 Å². The highest BCUT2D eigenvalue weighted by atomic mass is 16.3. The number of phenols is 3. The molecule has 0 aromatic heterocycles. The van der Waals surface area contributed by atoms with Crippen molar-refractivity contribution in [3.8, 4) is 17.2 Å². The predicted molar refractivity (Wildman–Crippen MR) is 550 cm³/mol. The van der Waals surface area contributed by atoms with E-state index < -0.39 is 5.41 Å². The second-order valence-corrected chi connectivity index (χ2v) is 47.8. The van der Waals surface area contributed by atoms with Gasteiger partial charge in [0, 0.05) is 85.2 Å². The number of ketones is 9. The van der Waals surface area contributed by atoms with Crippen molar-refractivity contribution in [3.05, 3.63) is 263 Å². The number of aromatic hydroxyl groups is 3. The molecule has 0 radical (unpaired) electrons. The Morgan fingerprint density at radius 2 is 0.489 bits per heavy atom. The molecule has 7 aromatic rings. The Morgan fingerprint density at radius 3 is 0.849 bits per heavy atom. The first kappa shape index (κ1) is 93.1. The molecule has 18 unspecified atom stereocenters. The minimum absolute atomic E-state index is 0.0194. The quantitative estimate of drug-likeness (QED) is 0.129. The molecule has 12 heteroatoms. The van der Waals surface area contributed by atoms with E-state index in [1.807, 2.05) is 67.5 Å². The van der Waals surface area contributed by atoms with E-state index in [4.69, 9.17) is 0 Å². The van der Waals surface area contributed by atoms with E-state index in [1.54, 1.807) is 31.2 Å². The van der Waals surface area contributed by atoms with Gasteiger partial charge in [-0.05, 0) is 508 Å². The van der Waals surface area contributed by atoms with E-state index in [0.29, 0.717) is 105 Å².